The van der Waals surface area contributed by atoms with Gasteiger partial charge in [-0.2, -0.15) is 10.2 Å². The van der Waals surface area contributed by atoms with Gasteiger partial charge in [0.05, 0.1) is 30.3 Å². The summed E-state index contributed by atoms with van der Waals surface area (Å²) in [5.74, 6) is -1.52. The van der Waals surface area contributed by atoms with Crippen LogP contribution >= 0.6 is 0 Å². The van der Waals surface area contributed by atoms with Gasteiger partial charge in [-0.25, -0.2) is 4.79 Å². The first-order valence-corrected chi connectivity index (χ1v) is 8.27. The Morgan fingerprint density at radius 2 is 2.07 bits per heavy atom. The lowest BCUT2D eigenvalue weighted by molar-refractivity contribution is -0.140. The number of furan rings is 1. The fraction of sp³-hybridized carbons (Fsp3) is 0.235. The number of aliphatic carboxylic acids is 1. The van der Waals surface area contributed by atoms with Crippen LogP contribution in [0.25, 0.3) is 0 Å². The Morgan fingerprint density at radius 1 is 1.29 bits per heavy atom. The Hall–Kier alpha value is -3.89. The fourth-order valence-electron chi connectivity index (χ4n) is 2.39. The van der Waals surface area contributed by atoms with Gasteiger partial charge in [-0.1, -0.05) is 0 Å². The van der Waals surface area contributed by atoms with E-state index in [9.17, 15) is 14.4 Å². The first kappa shape index (κ1) is 18.9. The van der Waals surface area contributed by atoms with Crippen LogP contribution in [0.5, 0.6) is 0 Å². The van der Waals surface area contributed by atoms with Gasteiger partial charge in [0.2, 0.25) is 0 Å². The van der Waals surface area contributed by atoms with Gasteiger partial charge in [0.1, 0.15) is 11.8 Å². The zero-order chi connectivity index (χ0) is 20.3. The van der Waals surface area contributed by atoms with E-state index >= 15 is 0 Å². The average molecular weight is 386 g/mol. The summed E-state index contributed by atoms with van der Waals surface area (Å²) in [5, 5.41) is 22.2. The van der Waals surface area contributed by atoms with Crippen molar-refractivity contribution >= 4 is 23.5 Å². The van der Waals surface area contributed by atoms with Crippen LogP contribution in [0.15, 0.2) is 41.4 Å². The molecular weight excluding hydrogens is 368 g/mol. The van der Waals surface area contributed by atoms with E-state index in [2.05, 4.69) is 20.8 Å². The Morgan fingerprint density at radius 3 is 2.75 bits per heavy atom. The summed E-state index contributed by atoms with van der Waals surface area (Å²) in [6.45, 7) is 1.62. The molecule has 0 saturated carbocycles. The van der Waals surface area contributed by atoms with Crippen molar-refractivity contribution < 1.29 is 23.9 Å². The summed E-state index contributed by atoms with van der Waals surface area (Å²) < 4.78 is 7.72. The molecule has 0 radical (unpaired) electrons. The van der Waals surface area contributed by atoms with Gasteiger partial charge in [-0.3, -0.25) is 19.0 Å². The molecule has 1 atom stereocenters. The number of amides is 2. The molecule has 11 nitrogen and oxygen atoms in total. The zero-order valence-electron chi connectivity index (χ0n) is 15.1. The third-order valence-electron chi connectivity index (χ3n) is 3.91. The Balaban J connectivity index is 1.71. The van der Waals surface area contributed by atoms with E-state index in [1.807, 2.05) is 0 Å². The van der Waals surface area contributed by atoms with Crippen LogP contribution in [0.3, 0.4) is 0 Å². The maximum atomic E-state index is 12.5. The zero-order valence-corrected chi connectivity index (χ0v) is 15.1. The van der Waals surface area contributed by atoms with Crippen LogP contribution in [0.1, 0.15) is 39.6 Å². The maximum absolute atomic E-state index is 12.5. The van der Waals surface area contributed by atoms with Gasteiger partial charge in [0, 0.05) is 19.4 Å². The van der Waals surface area contributed by atoms with Crippen LogP contribution < -0.4 is 10.6 Å². The van der Waals surface area contributed by atoms with Gasteiger partial charge in [-0.15, -0.1) is 0 Å². The molecule has 0 aliphatic heterocycles. The highest BCUT2D eigenvalue weighted by atomic mass is 16.4. The van der Waals surface area contributed by atoms with Gasteiger partial charge in [-0.05, 0) is 19.1 Å². The maximum Gasteiger partial charge on any atom is 0.328 e. The molecule has 0 aliphatic carbocycles. The second-order valence-electron chi connectivity index (χ2n) is 6.00. The smallest absolute Gasteiger partial charge is 0.328 e. The first-order valence-electron chi connectivity index (χ1n) is 8.27. The molecule has 3 aromatic heterocycles. The number of hydrogen-bond donors (Lipinski definition) is 3. The highest BCUT2D eigenvalue weighted by Gasteiger charge is 2.21. The molecule has 0 fully saturated rings. The highest BCUT2D eigenvalue weighted by Crippen LogP contribution is 2.16. The van der Waals surface area contributed by atoms with Crippen molar-refractivity contribution in [3.05, 3.63) is 54.0 Å². The monoisotopic (exact) mass is 386 g/mol. The van der Waals surface area contributed by atoms with E-state index in [-0.39, 0.29) is 23.5 Å². The molecule has 0 saturated heterocycles. The lowest BCUT2D eigenvalue weighted by atomic mass is 10.3. The predicted molar refractivity (Wildman–Crippen MR) is 95.6 cm³/mol. The summed E-state index contributed by atoms with van der Waals surface area (Å²) in [7, 11) is 1.62. The van der Waals surface area contributed by atoms with Crippen LogP contribution in [0, 0.1) is 0 Å². The Labute approximate surface area is 158 Å². The standard InChI is InChI=1S/C17H18N6O5/c1-10(17(26)27)23-8-11(6-19-23)15(24)20-13-9-22(2)21-14(13)16(25)18-7-12-4-3-5-28-12/h3-6,8-10H,7H2,1-2H3,(H,18,25)(H,20,24)(H,26,27). The number of anilines is 1. The molecule has 3 heterocycles. The average Bonchev–Trinajstić information content (AvgIpc) is 3.40. The molecule has 1 unspecified atom stereocenters. The molecule has 3 rings (SSSR count). The van der Waals surface area contributed by atoms with Crippen LogP contribution in [0.4, 0.5) is 5.69 Å². The summed E-state index contributed by atoms with van der Waals surface area (Å²) in [4.78, 5) is 35.9. The lowest BCUT2D eigenvalue weighted by Gasteiger charge is -2.06. The van der Waals surface area contributed by atoms with E-state index in [1.54, 1.807) is 19.2 Å². The molecular formula is C17H18N6O5. The molecule has 3 N–H and O–H groups in total. The molecule has 146 valence electrons. The highest BCUT2D eigenvalue weighted by molar-refractivity contribution is 6.08. The topological polar surface area (TPSA) is 144 Å². The van der Waals surface area contributed by atoms with Crippen molar-refractivity contribution in [3.8, 4) is 0 Å². The fourth-order valence-corrected chi connectivity index (χ4v) is 2.39. The minimum atomic E-state index is -1.07. The van der Waals surface area contributed by atoms with Gasteiger partial charge in [0.25, 0.3) is 11.8 Å². The molecule has 11 heteroatoms. The number of aromatic nitrogens is 4. The molecule has 0 aromatic carbocycles. The molecule has 0 aliphatic rings. The van der Waals surface area contributed by atoms with Crippen molar-refractivity contribution in [2.24, 2.45) is 7.05 Å². The normalized spacial score (nSPS) is 11.8. The number of aryl methyl sites for hydroxylation is 1. The molecule has 0 bridgehead atoms. The number of carbonyl (C=O) groups is 3. The molecule has 0 spiro atoms. The van der Waals surface area contributed by atoms with Crippen molar-refractivity contribution in [2.75, 3.05) is 5.32 Å². The number of carboxylic acids is 1. The molecule has 3 aromatic rings. The van der Waals surface area contributed by atoms with Crippen molar-refractivity contribution in [3.63, 3.8) is 0 Å². The van der Waals surface area contributed by atoms with Gasteiger partial charge in [0.15, 0.2) is 5.69 Å². The molecule has 28 heavy (non-hydrogen) atoms. The predicted octanol–water partition coefficient (Wildman–Crippen LogP) is 1.04. The van der Waals surface area contributed by atoms with E-state index in [0.717, 1.165) is 4.68 Å². The Bertz CT molecular complexity index is 1000. The van der Waals surface area contributed by atoms with E-state index in [0.29, 0.717) is 5.76 Å². The number of carboxylic acid groups (broad SMARTS) is 1. The minimum Gasteiger partial charge on any atom is -0.480 e. The van der Waals surface area contributed by atoms with Crippen LogP contribution in [0.2, 0.25) is 0 Å². The van der Waals surface area contributed by atoms with Gasteiger partial charge < -0.3 is 20.2 Å². The quantitative estimate of drug-likeness (QED) is 0.550. The van der Waals surface area contributed by atoms with Crippen molar-refractivity contribution in [1.82, 2.24) is 24.9 Å². The van der Waals surface area contributed by atoms with Crippen molar-refractivity contribution in [2.45, 2.75) is 19.5 Å². The largest absolute Gasteiger partial charge is 0.480 e. The van der Waals surface area contributed by atoms with Crippen molar-refractivity contribution in [1.29, 1.82) is 0 Å². The third kappa shape index (κ3) is 4.09. The number of nitrogens with one attached hydrogen (secondary N) is 2. The van der Waals surface area contributed by atoms with E-state index in [1.165, 1.54) is 36.5 Å². The van der Waals surface area contributed by atoms with E-state index < -0.39 is 23.8 Å². The minimum absolute atomic E-state index is 0.0358. The van der Waals surface area contributed by atoms with Crippen LogP contribution in [-0.2, 0) is 18.4 Å². The third-order valence-corrected chi connectivity index (χ3v) is 3.91. The number of rotatable bonds is 7. The number of carbonyl (C=O) groups excluding carboxylic acids is 2. The molecule has 2 amide bonds. The lowest BCUT2D eigenvalue weighted by Crippen LogP contribution is -2.25. The SMILES string of the molecule is CC(C(=O)O)n1cc(C(=O)Nc2cn(C)nc2C(=O)NCc2ccco2)cn1. The van der Waals surface area contributed by atoms with E-state index in [4.69, 9.17) is 9.52 Å². The summed E-state index contributed by atoms with van der Waals surface area (Å²) in [6, 6.07) is 2.51. The second kappa shape index (κ2) is 7.78. The summed E-state index contributed by atoms with van der Waals surface area (Å²) in [6.07, 6.45) is 5.56. The summed E-state index contributed by atoms with van der Waals surface area (Å²) >= 11 is 0. The number of hydrogen-bond acceptors (Lipinski definition) is 6. The van der Waals surface area contributed by atoms with Crippen LogP contribution in [-0.4, -0.2) is 42.5 Å². The number of nitrogens with zero attached hydrogens (tertiary/aromatic N) is 4. The van der Waals surface area contributed by atoms with Gasteiger partial charge >= 0.3 is 5.97 Å². The Kier molecular flexibility index (Phi) is 5.25. The first-order chi connectivity index (χ1) is 13.3. The summed E-state index contributed by atoms with van der Waals surface area (Å²) in [5.41, 5.74) is 0.399. The second-order valence-corrected chi connectivity index (χ2v) is 6.00.